The highest BCUT2D eigenvalue weighted by Gasteiger charge is 2.24. The molecule has 0 amide bonds. The first kappa shape index (κ1) is 24.4. The molecule has 0 radical (unpaired) electrons. The third-order valence-corrected chi connectivity index (χ3v) is 7.50. The van der Waals surface area contributed by atoms with Gasteiger partial charge in [0.05, 0.1) is 15.4 Å². The molecule has 2 aromatic heterocycles. The van der Waals surface area contributed by atoms with Gasteiger partial charge in [0.2, 0.25) is 5.78 Å². The first-order chi connectivity index (χ1) is 16.2. The Morgan fingerprint density at radius 1 is 1.00 bits per heavy atom. The molecule has 2 aromatic carbocycles. The lowest BCUT2D eigenvalue weighted by molar-refractivity contribution is 0.0806. The van der Waals surface area contributed by atoms with Crippen LogP contribution in [0, 0.1) is 0 Å². The second-order valence-electron chi connectivity index (χ2n) is 9.07. The Kier molecular flexibility index (Phi) is 7.38. The number of hydrogen-bond donors (Lipinski definition) is 0. The molecule has 0 unspecified atom stereocenters. The van der Waals surface area contributed by atoms with Crippen LogP contribution in [0.4, 0.5) is 0 Å². The standard InChI is InChI=1S/C25H25Cl2N3O3Si/c1-34(2,3)14-13-32-16-30-25-22(20(26)11-12-28-25)23(29-30)24(31)19-10-9-18(15-21(19)27)33-17-7-5-4-6-8-17/h4-12,15H,13-14,16H2,1-3H3. The minimum Gasteiger partial charge on any atom is -0.457 e. The molecule has 0 saturated heterocycles. The van der Waals surface area contributed by atoms with E-state index in [0.717, 1.165) is 6.04 Å². The van der Waals surface area contributed by atoms with Crippen molar-refractivity contribution in [3.63, 3.8) is 0 Å². The van der Waals surface area contributed by atoms with Gasteiger partial charge in [0.25, 0.3) is 0 Å². The molecule has 2 heterocycles. The van der Waals surface area contributed by atoms with Gasteiger partial charge in [0.15, 0.2) is 5.65 Å². The highest BCUT2D eigenvalue weighted by Crippen LogP contribution is 2.31. The number of halogens is 2. The Bertz CT molecular complexity index is 1320. The number of ketones is 1. The van der Waals surface area contributed by atoms with E-state index >= 15 is 0 Å². The quantitative estimate of drug-likeness (QED) is 0.136. The molecular formula is C25H25Cl2N3O3Si. The predicted octanol–water partition coefficient (Wildman–Crippen LogP) is 7.07. The molecule has 0 bridgehead atoms. The molecule has 34 heavy (non-hydrogen) atoms. The van der Waals surface area contributed by atoms with Crippen LogP contribution in [0.1, 0.15) is 16.1 Å². The molecule has 0 atom stereocenters. The second-order valence-corrected chi connectivity index (χ2v) is 15.5. The van der Waals surface area contributed by atoms with Gasteiger partial charge >= 0.3 is 0 Å². The molecule has 0 spiro atoms. The Labute approximate surface area is 209 Å². The average molecular weight is 514 g/mol. The van der Waals surface area contributed by atoms with E-state index in [2.05, 4.69) is 29.7 Å². The SMILES string of the molecule is C[Si](C)(C)CCOCn1nc(C(=O)c2ccc(Oc3ccccc3)cc2Cl)c2c(Cl)ccnc21. The van der Waals surface area contributed by atoms with E-state index in [4.69, 9.17) is 32.7 Å². The molecule has 6 nitrogen and oxygen atoms in total. The van der Waals surface area contributed by atoms with Crippen molar-refractivity contribution in [2.24, 2.45) is 0 Å². The van der Waals surface area contributed by atoms with Gasteiger partial charge in [-0.1, -0.05) is 61.0 Å². The molecule has 4 aromatic rings. The highest BCUT2D eigenvalue weighted by atomic mass is 35.5. The number of nitrogens with zero attached hydrogens (tertiary/aromatic N) is 3. The summed E-state index contributed by atoms with van der Waals surface area (Å²) in [5.41, 5.74) is 0.970. The highest BCUT2D eigenvalue weighted by molar-refractivity contribution is 6.76. The number of aromatic nitrogens is 3. The molecule has 4 rings (SSSR count). The van der Waals surface area contributed by atoms with Gasteiger partial charge in [0.1, 0.15) is 23.9 Å². The molecule has 9 heteroatoms. The normalized spacial score (nSPS) is 11.7. The fraction of sp³-hybridized carbons (Fsp3) is 0.240. The molecule has 0 aliphatic rings. The van der Waals surface area contributed by atoms with Crippen LogP contribution in [0.5, 0.6) is 11.5 Å². The van der Waals surface area contributed by atoms with E-state index in [9.17, 15) is 4.79 Å². The number of hydrogen-bond acceptors (Lipinski definition) is 5. The van der Waals surface area contributed by atoms with Crippen LogP contribution in [-0.4, -0.2) is 35.2 Å². The molecule has 0 aliphatic carbocycles. The summed E-state index contributed by atoms with van der Waals surface area (Å²) in [6.45, 7) is 7.67. The zero-order valence-electron chi connectivity index (χ0n) is 19.2. The van der Waals surface area contributed by atoms with E-state index < -0.39 is 8.07 Å². The van der Waals surface area contributed by atoms with Crippen LogP contribution in [0.25, 0.3) is 11.0 Å². The van der Waals surface area contributed by atoms with Crippen LogP contribution < -0.4 is 4.74 Å². The summed E-state index contributed by atoms with van der Waals surface area (Å²) >= 11 is 12.9. The molecule has 176 valence electrons. The second kappa shape index (κ2) is 10.3. The molecular weight excluding hydrogens is 489 g/mol. The largest absolute Gasteiger partial charge is 0.457 e. The van der Waals surface area contributed by atoms with Crippen molar-refractivity contribution in [3.8, 4) is 11.5 Å². The molecule has 0 fully saturated rings. The summed E-state index contributed by atoms with van der Waals surface area (Å²) in [6.07, 6.45) is 1.59. The van der Waals surface area contributed by atoms with Gasteiger partial charge < -0.3 is 9.47 Å². The van der Waals surface area contributed by atoms with E-state index in [-0.39, 0.29) is 23.2 Å². The monoisotopic (exact) mass is 513 g/mol. The summed E-state index contributed by atoms with van der Waals surface area (Å²) in [4.78, 5) is 17.8. The Morgan fingerprint density at radius 2 is 1.76 bits per heavy atom. The lowest BCUT2D eigenvalue weighted by Gasteiger charge is -2.15. The van der Waals surface area contributed by atoms with E-state index in [0.29, 0.717) is 39.7 Å². The van der Waals surface area contributed by atoms with Crippen molar-refractivity contribution in [1.29, 1.82) is 0 Å². The van der Waals surface area contributed by atoms with Gasteiger partial charge in [-0.15, -0.1) is 0 Å². The zero-order valence-corrected chi connectivity index (χ0v) is 21.7. The summed E-state index contributed by atoms with van der Waals surface area (Å²) in [6, 6.07) is 16.9. The van der Waals surface area contributed by atoms with Crippen molar-refractivity contribution < 1.29 is 14.3 Å². The van der Waals surface area contributed by atoms with Crippen LogP contribution in [0.3, 0.4) is 0 Å². The Morgan fingerprint density at radius 3 is 2.47 bits per heavy atom. The number of rotatable bonds is 9. The molecule has 0 N–H and O–H groups in total. The van der Waals surface area contributed by atoms with Crippen molar-refractivity contribution in [1.82, 2.24) is 14.8 Å². The van der Waals surface area contributed by atoms with Crippen LogP contribution >= 0.6 is 23.2 Å². The van der Waals surface area contributed by atoms with Gasteiger partial charge in [-0.25, -0.2) is 9.67 Å². The lowest BCUT2D eigenvalue weighted by atomic mass is 10.1. The fourth-order valence-corrected chi connectivity index (χ4v) is 4.58. The van der Waals surface area contributed by atoms with Gasteiger partial charge in [-0.2, -0.15) is 5.10 Å². The summed E-state index contributed by atoms with van der Waals surface area (Å²) in [5, 5.41) is 5.63. The van der Waals surface area contributed by atoms with E-state index in [1.54, 1.807) is 35.1 Å². The number of carbonyl (C=O) groups excluding carboxylic acids is 1. The van der Waals surface area contributed by atoms with Crippen LogP contribution in [-0.2, 0) is 11.5 Å². The van der Waals surface area contributed by atoms with Crippen molar-refractivity contribution in [3.05, 3.63) is 82.1 Å². The molecule has 0 saturated carbocycles. The van der Waals surface area contributed by atoms with E-state index in [1.807, 2.05) is 30.3 Å². The Balaban J connectivity index is 1.61. The number of pyridine rings is 1. The number of benzene rings is 2. The smallest absolute Gasteiger partial charge is 0.215 e. The first-order valence-corrected chi connectivity index (χ1v) is 15.4. The van der Waals surface area contributed by atoms with E-state index in [1.165, 1.54) is 0 Å². The van der Waals surface area contributed by atoms with Crippen molar-refractivity contribution in [2.75, 3.05) is 6.61 Å². The first-order valence-electron chi connectivity index (χ1n) is 10.9. The third kappa shape index (κ3) is 5.67. The maximum absolute atomic E-state index is 13.5. The summed E-state index contributed by atoms with van der Waals surface area (Å²) in [7, 11) is -1.22. The van der Waals surface area contributed by atoms with Crippen LogP contribution in [0.15, 0.2) is 60.8 Å². The fourth-order valence-electron chi connectivity index (χ4n) is 3.33. The number of para-hydroxylation sites is 1. The number of ether oxygens (including phenoxy) is 2. The van der Waals surface area contributed by atoms with Gasteiger partial charge in [0, 0.05) is 32.5 Å². The van der Waals surface area contributed by atoms with Gasteiger partial charge in [-0.3, -0.25) is 4.79 Å². The van der Waals surface area contributed by atoms with Crippen LogP contribution in [0.2, 0.25) is 35.7 Å². The third-order valence-electron chi connectivity index (χ3n) is 5.17. The molecule has 0 aliphatic heterocycles. The maximum atomic E-state index is 13.5. The minimum atomic E-state index is -1.22. The number of carbonyl (C=O) groups is 1. The summed E-state index contributed by atoms with van der Waals surface area (Å²) in [5.74, 6) is 0.852. The lowest BCUT2D eigenvalue weighted by Crippen LogP contribution is -2.22. The zero-order chi connectivity index (χ0) is 24.3. The predicted molar refractivity (Wildman–Crippen MR) is 138 cm³/mol. The topological polar surface area (TPSA) is 66.2 Å². The average Bonchev–Trinajstić information content (AvgIpc) is 3.16. The number of fused-ring (bicyclic) bond motifs is 1. The minimum absolute atomic E-state index is 0.180. The maximum Gasteiger partial charge on any atom is 0.215 e. The Hall–Kier alpha value is -2.71. The van der Waals surface area contributed by atoms with Crippen molar-refractivity contribution >= 4 is 48.1 Å². The van der Waals surface area contributed by atoms with Gasteiger partial charge in [-0.05, 0) is 36.4 Å². The summed E-state index contributed by atoms with van der Waals surface area (Å²) < 4.78 is 13.2. The van der Waals surface area contributed by atoms with Crippen molar-refractivity contribution in [2.45, 2.75) is 32.4 Å².